The molecule has 0 aromatic rings. The van der Waals surface area contributed by atoms with E-state index in [1.807, 2.05) is 6.19 Å². The van der Waals surface area contributed by atoms with E-state index in [4.69, 9.17) is 10.4 Å². The summed E-state index contributed by atoms with van der Waals surface area (Å²) in [6.45, 7) is 0.799. The summed E-state index contributed by atoms with van der Waals surface area (Å²) < 4.78 is 0. The molecule has 0 aromatic heterocycles. The molecule has 3 heteroatoms. The second-order valence-electron chi connectivity index (χ2n) is 2.97. The highest BCUT2D eigenvalue weighted by atomic mass is 16.3. The first kappa shape index (κ1) is 7.36. The van der Waals surface area contributed by atoms with E-state index in [1.54, 1.807) is 11.9 Å². The van der Waals surface area contributed by atoms with Crippen LogP contribution in [0.2, 0.25) is 0 Å². The van der Waals surface area contributed by atoms with Crippen LogP contribution in [-0.4, -0.2) is 29.7 Å². The molecule has 0 unspecified atom stereocenters. The molecule has 10 heavy (non-hydrogen) atoms. The second-order valence-corrected chi connectivity index (χ2v) is 2.97. The summed E-state index contributed by atoms with van der Waals surface area (Å²) in [5, 5.41) is 17.3. The van der Waals surface area contributed by atoms with Crippen molar-refractivity contribution in [2.75, 3.05) is 13.6 Å². The molecule has 56 valence electrons. The number of hydrogen-bond acceptors (Lipinski definition) is 3. The van der Waals surface area contributed by atoms with E-state index in [9.17, 15) is 0 Å². The zero-order valence-electron chi connectivity index (χ0n) is 6.12. The molecular weight excluding hydrogens is 128 g/mol. The number of rotatable bonds is 2. The Morgan fingerprint density at radius 1 is 1.70 bits per heavy atom. The van der Waals surface area contributed by atoms with Gasteiger partial charge in [-0.05, 0) is 18.8 Å². The number of nitriles is 1. The number of nitrogens with zero attached hydrogens (tertiary/aromatic N) is 2. The van der Waals surface area contributed by atoms with Gasteiger partial charge < -0.3 is 10.0 Å². The molecule has 0 amide bonds. The third kappa shape index (κ3) is 1.61. The molecule has 3 nitrogen and oxygen atoms in total. The Kier molecular flexibility index (Phi) is 2.13. The van der Waals surface area contributed by atoms with Gasteiger partial charge in [0.15, 0.2) is 6.19 Å². The second kappa shape index (κ2) is 2.89. The van der Waals surface area contributed by atoms with Gasteiger partial charge in [-0.1, -0.05) is 0 Å². The van der Waals surface area contributed by atoms with E-state index in [0.717, 1.165) is 19.4 Å². The smallest absolute Gasteiger partial charge is 0.179 e. The molecule has 1 aliphatic rings. The van der Waals surface area contributed by atoms with Gasteiger partial charge in [-0.25, -0.2) is 0 Å². The van der Waals surface area contributed by atoms with E-state index < -0.39 is 0 Å². The van der Waals surface area contributed by atoms with Crippen LogP contribution in [0.3, 0.4) is 0 Å². The predicted octanol–water partition coefficient (Wildman–Crippen LogP) is 0.170. The SMILES string of the molecule is CN(C#N)CC1CC(O)C1. The standard InChI is InChI=1S/C7H12N2O/c1-9(5-8)4-6-2-7(10)3-6/h6-7,10H,2-4H2,1H3. The van der Waals surface area contributed by atoms with E-state index in [0.29, 0.717) is 5.92 Å². The Bertz CT molecular complexity index is 146. The van der Waals surface area contributed by atoms with E-state index in [2.05, 4.69) is 0 Å². The summed E-state index contributed by atoms with van der Waals surface area (Å²) in [6, 6.07) is 0. The molecule has 1 rings (SSSR count). The molecule has 1 fully saturated rings. The van der Waals surface area contributed by atoms with Gasteiger partial charge >= 0.3 is 0 Å². The van der Waals surface area contributed by atoms with Crippen LogP contribution >= 0.6 is 0 Å². The highest BCUT2D eigenvalue weighted by molar-refractivity contribution is 4.83. The van der Waals surface area contributed by atoms with Crippen molar-refractivity contribution in [3.8, 4) is 6.19 Å². The molecule has 0 aromatic carbocycles. The quantitative estimate of drug-likeness (QED) is 0.439. The van der Waals surface area contributed by atoms with Gasteiger partial charge in [0.05, 0.1) is 6.10 Å². The lowest BCUT2D eigenvalue weighted by Gasteiger charge is -2.32. The van der Waals surface area contributed by atoms with Gasteiger partial charge in [-0.2, -0.15) is 5.26 Å². The fourth-order valence-corrected chi connectivity index (χ4v) is 1.28. The first-order chi connectivity index (χ1) is 4.72. The van der Waals surface area contributed by atoms with Crippen LogP contribution in [0, 0.1) is 17.4 Å². The minimum atomic E-state index is -0.0999. The average molecular weight is 140 g/mol. The largest absolute Gasteiger partial charge is 0.393 e. The predicted molar refractivity (Wildman–Crippen MR) is 37.0 cm³/mol. The maximum Gasteiger partial charge on any atom is 0.179 e. The minimum Gasteiger partial charge on any atom is -0.393 e. The van der Waals surface area contributed by atoms with E-state index in [-0.39, 0.29) is 6.10 Å². The molecule has 1 N–H and O–H groups in total. The maximum atomic E-state index is 8.90. The van der Waals surface area contributed by atoms with Crippen LogP contribution < -0.4 is 0 Å². The third-order valence-corrected chi connectivity index (χ3v) is 1.91. The van der Waals surface area contributed by atoms with Crippen LogP contribution in [0.25, 0.3) is 0 Å². The van der Waals surface area contributed by atoms with Gasteiger partial charge in [-0.3, -0.25) is 0 Å². The van der Waals surface area contributed by atoms with E-state index in [1.165, 1.54) is 0 Å². The first-order valence-electron chi connectivity index (χ1n) is 3.51. The van der Waals surface area contributed by atoms with Gasteiger partial charge in [0.2, 0.25) is 0 Å². The highest BCUT2D eigenvalue weighted by Crippen LogP contribution is 2.27. The summed E-state index contributed by atoms with van der Waals surface area (Å²) in [5.74, 6) is 0.541. The van der Waals surface area contributed by atoms with Crippen molar-refractivity contribution in [3.63, 3.8) is 0 Å². The Morgan fingerprint density at radius 2 is 2.30 bits per heavy atom. The van der Waals surface area contributed by atoms with Gasteiger partial charge in [-0.15, -0.1) is 0 Å². The lowest BCUT2D eigenvalue weighted by atomic mass is 9.82. The third-order valence-electron chi connectivity index (χ3n) is 1.91. The van der Waals surface area contributed by atoms with E-state index >= 15 is 0 Å². The van der Waals surface area contributed by atoms with Gasteiger partial charge in [0.25, 0.3) is 0 Å². The van der Waals surface area contributed by atoms with Crippen LogP contribution in [0.1, 0.15) is 12.8 Å². The zero-order chi connectivity index (χ0) is 7.56. The van der Waals surface area contributed by atoms with Crippen molar-refractivity contribution in [3.05, 3.63) is 0 Å². The Labute approximate surface area is 60.9 Å². The van der Waals surface area contributed by atoms with Crippen molar-refractivity contribution in [1.82, 2.24) is 4.90 Å². The van der Waals surface area contributed by atoms with Crippen LogP contribution in [-0.2, 0) is 0 Å². The molecule has 0 spiro atoms. The topological polar surface area (TPSA) is 47.3 Å². The van der Waals surface area contributed by atoms with Crippen LogP contribution in [0.4, 0.5) is 0 Å². The first-order valence-corrected chi connectivity index (χ1v) is 3.51. The summed E-state index contributed by atoms with van der Waals surface area (Å²) in [6.07, 6.45) is 3.66. The fraction of sp³-hybridized carbons (Fsp3) is 0.857. The Hall–Kier alpha value is -0.750. The molecule has 0 radical (unpaired) electrons. The summed E-state index contributed by atoms with van der Waals surface area (Å²) in [7, 11) is 1.77. The molecule has 0 aliphatic heterocycles. The number of hydrogen-bond donors (Lipinski definition) is 1. The summed E-state index contributed by atoms with van der Waals surface area (Å²) in [4.78, 5) is 1.61. The summed E-state index contributed by atoms with van der Waals surface area (Å²) in [5.41, 5.74) is 0. The molecule has 0 saturated heterocycles. The molecular formula is C7H12N2O. The zero-order valence-corrected chi connectivity index (χ0v) is 6.12. The number of aliphatic hydroxyl groups excluding tert-OH is 1. The Morgan fingerprint density at radius 3 is 2.70 bits per heavy atom. The summed E-state index contributed by atoms with van der Waals surface area (Å²) >= 11 is 0. The number of aliphatic hydroxyl groups is 1. The highest BCUT2D eigenvalue weighted by Gasteiger charge is 2.27. The molecule has 0 bridgehead atoms. The minimum absolute atomic E-state index is 0.0999. The van der Waals surface area contributed by atoms with Crippen LogP contribution in [0.5, 0.6) is 0 Å². The van der Waals surface area contributed by atoms with Crippen LogP contribution in [0.15, 0.2) is 0 Å². The van der Waals surface area contributed by atoms with Crippen molar-refractivity contribution in [1.29, 1.82) is 5.26 Å². The van der Waals surface area contributed by atoms with Gasteiger partial charge in [0.1, 0.15) is 0 Å². The van der Waals surface area contributed by atoms with Gasteiger partial charge in [0, 0.05) is 13.6 Å². The van der Waals surface area contributed by atoms with Crippen molar-refractivity contribution in [2.45, 2.75) is 18.9 Å². The molecule has 0 atom stereocenters. The molecule has 1 saturated carbocycles. The molecule has 1 aliphatic carbocycles. The lowest BCUT2D eigenvalue weighted by molar-refractivity contribution is 0.0345. The fourth-order valence-electron chi connectivity index (χ4n) is 1.28. The monoisotopic (exact) mass is 140 g/mol. The average Bonchev–Trinajstić information content (AvgIpc) is 1.84. The lowest BCUT2D eigenvalue weighted by Crippen LogP contribution is -2.35. The normalized spacial score (nSPS) is 30.5. The van der Waals surface area contributed by atoms with Crippen molar-refractivity contribution in [2.24, 2.45) is 5.92 Å². The van der Waals surface area contributed by atoms with Crippen molar-refractivity contribution < 1.29 is 5.11 Å². The Balaban J connectivity index is 2.11. The molecule has 0 heterocycles. The maximum absolute atomic E-state index is 8.90. The van der Waals surface area contributed by atoms with Crippen molar-refractivity contribution >= 4 is 0 Å².